The summed E-state index contributed by atoms with van der Waals surface area (Å²) in [6, 6.07) is 1.77. The minimum absolute atomic E-state index is 0.124. The molecular formula is C13H17N3O3. The Kier molecular flexibility index (Phi) is 4.43. The first-order valence-corrected chi connectivity index (χ1v) is 6.35. The molecule has 1 aliphatic heterocycles. The maximum Gasteiger partial charge on any atom is 0.309 e. The molecule has 2 rings (SSSR count). The second kappa shape index (κ2) is 6.26. The van der Waals surface area contributed by atoms with Gasteiger partial charge in [0.15, 0.2) is 5.78 Å². The van der Waals surface area contributed by atoms with Crippen LogP contribution in [0.25, 0.3) is 0 Å². The van der Waals surface area contributed by atoms with Crippen molar-refractivity contribution in [2.75, 3.05) is 24.6 Å². The molecule has 0 N–H and O–H groups in total. The molecule has 0 aliphatic carbocycles. The highest BCUT2D eigenvalue weighted by Crippen LogP contribution is 2.21. The number of carbonyl (C=O) groups excluding carboxylic acids is 2. The predicted octanol–water partition coefficient (Wildman–Crippen LogP) is 0.825. The van der Waals surface area contributed by atoms with Crippen molar-refractivity contribution in [3.05, 3.63) is 18.5 Å². The molecule has 0 radical (unpaired) electrons. The zero-order valence-corrected chi connectivity index (χ0v) is 10.9. The number of Topliss-reactive ketones (excluding diaryl/α,β-unsaturated/α-hetero) is 1. The van der Waals surface area contributed by atoms with Crippen LogP contribution in [0.2, 0.25) is 0 Å². The largest absolute Gasteiger partial charge is 0.457 e. The molecule has 1 aromatic heterocycles. The normalized spacial score (nSPS) is 16.2. The molecule has 6 nitrogen and oxygen atoms in total. The van der Waals surface area contributed by atoms with E-state index in [1.165, 1.54) is 6.92 Å². The molecule has 0 spiro atoms. The Hall–Kier alpha value is -1.98. The van der Waals surface area contributed by atoms with E-state index in [1.807, 2.05) is 0 Å². The molecule has 0 atom stereocenters. The summed E-state index contributed by atoms with van der Waals surface area (Å²) in [5.74, 6) is 0.157. The molecule has 0 aromatic carbocycles. The maximum absolute atomic E-state index is 11.7. The Bertz CT molecular complexity index is 442. The van der Waals surface area contributed by atoms with Crippen molar-refractivity contribution in [2.24, 2.45) is 5.92 Å². The average Bonchev–Trinajstić information content (AvgIpc) is 2.46. The highest BCUT2D eigenvalue weighted by Gasteiger charge is 2.27. The molecule has 102 valence electrons. The number of nitrogens with zero attached hydrogens (tertiary/aromatic N) is 3. The van der Waals surface area contributed by atoms with E-state index in [1.54, 1.807) is 18.5 Å². The van der Waals surface area contributed by atoms with Crippen LogP contribution in [0.5, 0.6) is 0 Å². The van der Waals surface area contributed by atoms with Gasteiger partial charge in [-0.05, 0) is 25.8 Å². The van der Waals surface area contributed by atoms with Crippen molar-refractivity contribution < 1.29 is 14.3 Å². The Balaban J connectivity index is 1.82. The lowest BCUT2D eigenvalue weighted by Gasteiger charge is -2.30. The van der Waals surface area contributed by atoms with Crippen LogP contribution in [-0.2, 0) is 14.3 Å². The molecule has 1 aromatic rings. The molecule has 2 heterocycles. The van der Waals surface area contributed by atoms with Gasteiger partial charge in [0.1, 0.15) is 6.61 Å². The van der Waals surface area contributed by atoms with Gasteiger partial charge in [-0.1, -0.05) is 0 Å². The van der Waals surface area contributed by atoms with Gasteiger partial charge in [0.2, 0.25) is 5.95 Å². The maximum atomic E-state index is 11.7. The van der Waals surface area contributed by atoms with E-state index in [2.05, 4.69) is 14.9 Å². The number of piperidine rings is 1. The summed E-state index contributed by atoms with van der Waals surface area (Å²) in [7, 11) is 0. The zero-order valence-electron chi connectivity index (χ0n) is 10.9. The van der Waals surface area contributed by atoms with Crippen LogP contribution in [0.3, 0.4) is 0 Å². The quantitative estimate of drug-likeness (QED) is 0.749. The van der Waals surface area contributed by atoms with Crippen LogP contribution >= 0.6 is 0 Å². The van der Waals surface area contributed by atoms with E-state index < -0.39 is 0 Å². The summed E-state index contributed by atoms with van der Waals surface area (Å²) in [5.41, 5.74) is 0. The van der Waals surface area contributed by atoms with E-state index >= 15 is 0 Å². The van der Waals surface area contributed by atoms with Crippen molar-refractivity contribution in [1.82, 2.24) is 9.97 Å². The predicted molar refractivity (Wildman–Crippen MR) is 68.6 cm³/mol. The molecule has 0 saturated carbocycles. The van der Waals surface area contributed by atoms with Crippen molar-refractivity contribution in [2.45, 2.75) is 19.8 Å². The fraction of sp³-hybridized carbons (Fsp3) is 0.538. The lowest BCUT2D eigenvalue weighted by molar-refractivity contribution is -0.152. The zero-order chi connectivity index (χ0) is 13.7. The van der Waals surface area contributed by atoms with Gasteiger partial charge in [-0.2, -0.15) is 0 Å². The highest BCUT2D eigenvalue weighted by molar-refractivity contribution is 5.81. The molecule has 19 heavy (non-hydrogen) atoms. The van der Waals surface area contributed by atoms with Crippen LogP contribution in [0, 0.1) is 5.92 Å². The van der Waals surface area contributed by atoms with Gasteiger partial charge in [0.25, 0.3) is 0 Å². The summed E-state index contributed by atoms with van der Waals surface area (Å²) in [6.45, 7) is 2.73. The Morgan fingerprint density at radius 3 is 2.53 bits per heavy atom. The van der Waals surface area contributed by atoms with Crippen molar-refractivity contribution in [3.8, 4) is 0 Å². The minimum Gasteiger partial charge on any atom is -0.457 e. The first-order chi connectivity index (χ1) is 9.16. The number of esters is 1. The van der Waals surface area contributed by atoms with Gasteiger partial charge < -0.3 is 9.64 Å². The lowest BCUT2D eigenvalue weighted by atomic mass is 9.97. The second-order valence-electron chi connectivity index (χ2n) is 4.62. The topological polar surface area (TPSA) is 72.4 Å². The number of anilines is 1. The molecule has 6 heteroatoms. The number of ether oxygens (including phenoxy) is 1. The Morgan fingerprint density at radius 2 is 1.95 bits per heavy atom. The third-order valence-corrected chi connectivity index (χ3v) is 3.08. The highest BCUT2D eigenvalue weighted by atomic mass is 16.5. The summed E-state index contributed by atoms with van der Waals surface area (Å²) < 4.78 is 4.95. The van der Waals surface area contributed by atoms with E-state index in [9.17, 15) is 9.59 Å². The first kappa shape index (κ1) is 13.5. The van der Waals surface area contributed by atoms with E-state index in [0.29, 0.717) is 18.8 Å². The smallest absolute Gasteiger partial charge is 0.309 e. The van der Waals surface area contributed by atoms with Gasteiger partial charge in [0.05, 0.1) is 5.92 Å². The number of ketones is 1. The summed E-state index contributed by atoms with van der Waals surface area (Å²) in [4.78, 5) is 32.9. The SMILES string of the molecule is CC(=O)COC(=O)C1CCN(c2ncccn2)CC1. The van der Waals surface area contributed by atoms with Gasteiger partial charge >= 0.3 is 5.97 Å². The van der Waals surface area contributed by atoms with Crippen LogP contribution in [0.1, 0.15) is 19.8 Å². The third-order valence-electron chi connectivity index (χ3n) is 3.08. The number of rotatable bonds is 4. The standard InChI is InChI=1S/C13H17N3O3/c1-10(17)9-19-12(18)11-3-7-16(8-4-11)13-14-5-2-6-15-13/h2,5-6,11H,3-4,7-9H2,1H3. The van der Waals surface area contributed by atoms with E-state index in [0.717, 1.165) is 13.1 Å². The van der Waals surface area contributed by atoms with Crippen LogP contribution in [0.4, 0.5) is 5.95 Å². The average molecular weight is 263 g/mol. The number of hydrogen-bond acceptors (Lipinski definition) is 6. The van der Waals surface area contributed by atoms with Crippen LogP contribution in [-0.4, -0.2) is 41.4 Å². The molecule has 0 unspecified atom stereocenters. The molecule has 0 amide bonds. The summed E-state index contributed by atoms with van der Waals surface area (Å²) in [5, 5.41) is 0. The Labute approximate surface area is 111 Å². The number of hydrogen-bond donors (Lipinski definition) is 0. The second-order valence-corrected chi connectivity index (χ2v) is 4.62. The van der Waals surface area contributed by atoms with E-state index in [4.69, 9.17) is 4.74 Å². The number of aromatic nitrogens is 2. The third kappa shape index (κ3) is 3.74. The van der Waals surface area contributed by atoms with E-state index in [-0.39, 0.29) is 24.3 Å². The number of carbonyl (C=O) groups is 2. The molecular weight excluding hydrogens is 246 g/mol. The minimum atomic E-state index is -0.274. The summed E-state index contributed by atoms with van der Waals surface area (Å²) in [6.07, 6.45) is 4.81. The Morgan fingerprint density at radius 1 is 1.32 bits per heavy atom. The monoisotopic (exact) mass is 263 g/mol. The van der Waals surface area contributed by atoms with Crippen molar-refractivity contribution in [3.63, 3.8) is 0 Å². The fourth-order valence-corrected chi connectivity index (χ4v) is 2.06. The molecule has 1 aliphatic rings. The van der Waals surface area contributed by atoms with Gasteiger partial charge in [0, 0.05) is 25.5 Å². The fourth-order valence-electron chi connectivity index (χ4n) is 2.06. The summed E-state index contributed by atoms with van der Waals surface area (Å²) >= 11 is 0. The van der Waals surface area contributed by atoms with Gasteiger partial charge in [-0.3, -0.25) is 9.59 Å². The van der Waals surface area contributed by atoms with Gasteiger partial charge in [-0.25, -0.2) is 9.97 Å². The first-order valence-electron chi connectivity index (χ1n) is 6.35. The van der Waals surface area contributed by atoms with Crippen molar-refractivity contribution >= 4 is 17.7 Å². The molecule has 1 fully saturated rings. The molecule has 0 bridgehead atoms. The lowest BCUT2D eigenvalue weighted by Crippen LogP contribution is -2.38. The van der Waals surface area contributed by atoms with Crippen molar-refractivity contribution in [1.29, 1.82) is 0 Å². The van der Waals surface area contributed by atoms with Crippen LogP contribution < -0.4 is 4.90 Å². The van der Waals surface area contributed by atoms with Crippen LogP contribution in [0.15, 0.2) is 18.5 Å². The van der Waals surface area contributed by atoms with Gasteiger partial charge in [-0.15, -0.1) is 0 Å². The molecule has 1 saturated heterocycles.